The molecule has 2 rings (SSSR count). The van der Waals surface area contributed by atoms with Gasteiger partial charge < -0.3 is 0 Å². The Morgan fingerprint density at radius 3 is 2.00 bits per heavy atom. The van der Waals surface area contributed by atoms with Crippen LogP contribution in [0.3, 0.4) is 0 Å². The van der Waals surface area contributed by atoms with E-state index in [-0.39, 0.29) is 11.4 Å². The molecular formula is C18H28N2O4S2. The third kappa shape index (κ3) is 3.28. The molecule has 1 amide bonds. The lowest BCUT2D eigenvalue weighted by atomic mass is 9.95. The quantitative estimate of drug-likeness (QED) is 0.602. The van der Waals surface area contributed by atoms with Gasteiger partial charge in [-0.2, -0.15) is 16.1 Å². The molecule has 1 aliphatic heterocycles. The van der Waals surface area contributed by atoms with E-state index in [1.54, 1.807) is 5.48 Å². The number of nitrogens with one attached hydrogen (secondary N) is 1. The van der Waals surface area contributed by atoms with Crippen LogP contribution in [0.1, 0.15) is 41.7 Å². The summed E-state index contributed by atoms with van der Waals surface area (Å²) in [5, 5.41) is 9.18. The Morgan fingerprint density at radius 2 is 1.54 bits per heavy atom. The van der Waals surface area contributed by atoms with Gasteiger partial charge in [0, 0.05) is 17.0 Å². The fourth-order valence-corrected chi connectivity index (χ4v) is 7.36. The normalized spacial score (nSPS) is 20.8. The van der Waals surface area contributed by atoms with Crippen LogP contribution in [0.2, 0.25) is 0 Å². The zero-order chi connectivity index (χ0) is 20.0. The number of rotatable bonds is 3. The zero-order valence-corrected chi connectivity index (χ0v) is 18.1. The Morgan fingerprint density at radius 1 is 1.08 bits per heavy atom. The highest BCUT2D eigenvalue weighted by Gasteiger charge is 2.49. The summed E-state index contributed by atoms with van der Waals surface area (Å²) in [7, 11) is -3.91. The molecule has 1 aromatic carbocycles. The lowest BCUT2D eigenvalue weighted by molar-refractivity contribution is -0.134. The van der Waals surface area contributed by atoms with Gasteiger partial charge in [-0.3, -0.25) is 10.0 Å². The van der Waals surface area contributed by atoms with Crippen molar-refractivity contribution >= 4 is 27.7 Å². The summed E-state index contributed by atoms with van der Waals surface area (Å²) < 4.78 is 27.8. The van der Waals surface area contributed by atoms with Crippen molar-refractivity contribution in [3.05, 3.63) is 27.8 Å². The number of carbonyl (C=O) groups excluding carboxylic acids is 1. The van der Waals surface area contributed by atoms with Gasteiger partial charge >= 0.3 is 0 Å². The number of hydroxylamine groups is 1. The maximum Gasteiger partial charge on any atom is 0.263 e. The van der Waals surface area contributed by atoms with Crippen LogP contribution in [0.15, 0.2) is 4.90 Å². The van der Waals surface area contributed by atoms with E-state index in [4.69, 9.17) is 0 Å². The van der Waals surface area contributed by atoms with Gasteiger partial charge in [-0.25, -0.2) is 13.9 Å². The minimum absolute atomic E-state index is 0.222. The number of hydrogen-bond acceptors (Lipinski definition) is 5. The Labute approximate surface area is 160 Å². The summed E-state index contributed by atoms with van der Waals surface area (Å²) in [6.45, 7) is 13.3. The maximum absolute atomic E-state index is 13.6. The molecule has 2 N–H and O–H groups in total. The molecule has 6 nitrogen and oxygen atoms in total. The minimum Gasteiger partial charge on any atom is -0.289 e. The van der Waals surface area contributed by atoms with Crippen molar-refractivity contribution in [2.75, 3.05) is 12.3 Å². The topological polar surface area (TPSA) is 86.7 Å². The highest BCUT2D eigenvalue weighted by Crippen LogP contribution is 2.40. The molecule has 1 aromatic rings. The molecule has 0 aromatic heterocycles. The lowest BCUT2D eigenvalue weighted by Gasteiger charge is -2.43. The van der Waals surface area contributed by atoms with Gasteiger partial charge in [-0.15, -0.1) is 0 Å². The van der Waals surface area contributed by atoms with Crippen LogP contribution < -0.4 is 5.48 Å². The third-order valence-electron chi connectivity index (χ3n) is 5.59. The van der Waals surface area contributed by atoms with E-state index in [9.17, 15) is 18.4 Å². The predicted molar refractivity (Wildman–Crippen MR) is 104 cm³/mol. The average Bonchev–Trinajstić information content (AvgIpc) is 2.56. The molecule has 26 heavy (non-hydrogen) atoms. The predicted octanol–water partition coefficient (Wildman–Crippen LogP) is 2.62. The second-order valence-corrected chi connectivity index (χ2v) is 11.0. The average molecular weight is 401 g/mol. The molecular weight excluding hydrogens is 372 g/mol. The van der Waals surface area contributed by atoms with Gasteiger partial charge in [-0.05, 0) is 76.3 Å². The van der Waals surface area contributed by atoms with Crippen molar-refractivity contribution in [3.63, 3.8) is 0 Å². The van der Waals surface area contributed by atoms with Gasteiger partial charge in [0.05, 0.1) is 4.90 Å². The van der Waals surface area contributed by atoms with Gasteiger partial charge in [0.1, 0.15) is 6.04 Å². The summed E-state index contributed by atoms with van der Waals surface area (Å²) in [6, 6.07) is -0.989. The van der Waals surface area contributed by atoms with Crippen molar-refractivity contribution < 1.29 is 18.4 Å². The standard InChI is InChI=1S/C18H28N2O4S2/c1-10-11(2)13(4)15(14(5)12(10)3)26(23,24)20-8-9-25-18(6,7)16(20)17(21)19-22/h16,22H,8-9H2,1-7H3,(H,19,21). The first-order valence-corrected chi connectivity index (χ1v) is 11.0. The van der Waals surface area contributed by atoms with Crippen LogP contribution in [-0.4, -0.2) is 46.9 Å². The molecule has 1 unspecified atom stereocenters. The lowest BCUT2D eigenvalue weighted by Crippen LogP contribution is -2.61. The molecule has 1 aliphatic rings. The highest BCUT2D eigenvalue weighted by atomic mass is 32.2. The van der Waals surface area contributed by atoms with Crippen LogP contribution in [0.25, 0.3) is 0 Å². The first-order chi connectivity index (χ1) is 11.9. The van der Waals surface area contributed by atoms with Crippen LogP contribution in [-0.2, 0) is 14.8 Å². The molecule has 1 atom stereocenters. The van der Waals surface area contributed by atoms with E-state index in [1.807, 2.05) is 48.5 Å². The second-order valence-electron chi connectivity index (χ2n) is 7.40. The van der Waals surface area contributed by atoms with E-state index in [1.165, 1.54) is 16.1 Å². The van der Waals surface area contributed by atoms with Crippen LogP contribution in [0.4, 0.5) is 0 Å². The SMILES string of the molecule is Cc1c(C)c(C)c(S(=O)(=O)N2CCSC(C)(C)C2C(=O)NO)c(C)c1C. The van der Waals surface area contributed by atoms with Gasteiger partial charge in [0.2, 0.25) is 10.0 Å². The molecule has 1 fully saturated rings. The van der Waals surface area contributed by atoms with E-state index >= 15 is 0 Å². The molecule has 0 saturated carbocycles. The largest absolute Gasteiger partial charge is 0.289 e. The number of amides is 1. The number of benzene rings is 1. The highest BCUT2D eigenvalue weighted by molar-refractivity contribution is 8.01. The summed E-state index contributed by atoms with van der Waals surface area (Å²) in [6.07, 6.45) is 0. The van der Waals surface area contributed by atoms with E-state index in [0.717, 1.165) is 16.7 Å². The molecule has 0 spiro atoms. The molecule has 0 aliphatic carbocycles. The summed E-state index contributed by atoms with van der Waals surface area (Å²) in [5.41, 5.74) is 6.04. The number of thioether (sulfide) groups is 1. The Balaban J connectivity index is 2.72. The molecule has 8 heteroatoms. The summed E-state index contributed by atoms with van der Waals surface area (Å²) in [5.74, 6) is -0.120. The maximum atomic E-state index is 13.6. The fraction of sp³-hybridized carbons (Fsp3) is 0.611. The van der Waals surface area contributed by atoms with Crippen molar-refractivity contribution in [2.24, 2.45) is 0 Å². The third-order valence-corrected chi connectivity index (χ3v) is 9.08. The Bertz CT molecular complexity index is 818. The summed E-state index contributed by atoms with van der Waals surface area (Å²) in [4.78, 5) is 12.6. The number of carbonyl (C=O) groups is 1. The summed E-state index contributed by atoms with van der Waals surface area (Å²) >= 11 is 1.53. The monoisotopic (exact) mass is 400 g/mol. The first kappa shape index (κ1) is 21.2. The van der Waals surface area contributed by atoms with Crippen molar-refractivity contribution in [1.82, 2.24) is 9.79 Å². The van der Waals surface area contributed by atoms with Crippen LogP contribution >= 0.6 is 11.8 Å². The van der Waals surface area contributed by atoms with Crippen molar-refractivity contribution in [3.8, 4) is 0 Å². The zero-order valence-electron chi connectivity index (χ0n) is 16.4. The first-order valence-electron chi connectivity index (χ1n) is 8.54. The Kier molecular flexibility index (Phi) is 5.83. The van der Waals surface area contributed by atoms with Gasteiger partial charge in [-0.1, -0.05) is 0 Å². The van der Waals surface area contributed by atoms with Crippen LogP contribution in [0, 0.1) is 34.6 Å². The van der Waals surface area contributed by atoms with Gasteiger partial charge in [0.15, 0.2) is 0 Å². The van der Waals surface area contributed by atoms with E-state index in [0.29, 0.717) is 16.9 Å². The Hall–Kier alpha value is -1.09. The van der Waals surface area contributed by atoms with E-state index in [2.05, 4.69) is 0 Å². The van der Waals surface area contributed by atoms with E-state index < -0.39 is 26.7 Å². The molecule has 0 bridgehead atoms. The number of sulfonamides is 1. The van der Waals surface area contributed by atoms with Crippen LogP contribution in [0.5, 0.6) is 0 Å². The van der Waals surface area contributed by atoms with Crippen molar-refractivity contribution in [1.29, 1.82) is 0 Å². The second kappa shape index (κ2) is 7.14. The van der Waals surface area contributed by atoms with Crippen molar-refractivity contribution in [2.45, 2.75) is 64.2 Å². The minimum atomic E-state index is -3.91. The van der Waals surface area contributed by atoms with Gasteiger partial charge in [0.25, 0.3) is 5.91 Å². The fourth-order valence-electron chi connectivity index (χ4n) is 3.69. The smallest absolute Gasteiger partial charge is 0.263 e. The molecule has 146 valence electrons. The molecule has 0 radical (unpaired) electrons. The molecule has 1 heterocycles. The molecule has 1 saturated heterocycles. The number of hydrogen-bond donors (Lipinski definition) is 2. The number of nitrogens with zero attached hydrogens (tertiary/aromatic N) is 1.